The fraction of sp³-hybridized carbons (Fsp3) is 0.581. The lowest BCUT2D eigenvalue weighted by atomic mass is 9.79. The zero-order chi connectivity index (χ0) is 28.0. The van der Waals surface area contributed by atoms with Gasteiger partial charge in [0.15, 0.2) is 0 Å². The summed E-state index contributed by atoms with van der Waals surface area (Å²) in [6, 6.07) is 7.85. The Morgan fingerprint density at radius 3 is 1.50 bits per heavy atom. The molecule has 0 aliphatic carbocycles. The highest BCUT2D eigenvalue weighted by Crippen LogP contribution is 2.44. The van der Waals surface area contributed by atoms with Gasteiger partial charge in [-0.25, -0.2) is 5.01 Å². The number of hydrazine groups is 1. The van der Waals surface area contributed by atoms with Crippen molar-refractivity contribution in [3.63, 3.8) is 0 Å². The zero-order valence-electron chi connectivity index (χ0n) is 24.8. The molecular formula is C31H48N2O3. The highest BCUT2D eigenvalue weighted by molar-refractivity contribution is 5.97. The monoisotopic (exact) mass is 496 g/mol. The second kappa shape index (κ2) is 9.64. The fourth-order valence-corrected chi connectivity index (χ4v) is 4.05. The Kier molecular flexibility index (Phi) is 7.91. The lowest BCUT2D eigenvalue weighted by Gasteiger charge is -2.33. The van der Waals surface area contributed by atoms with Gasteiger partial charge in [0.25, 0.3) is 0 Å². The molecule has 5 nitrogen and oxygen atoms in total. The number of carbonyl (C=O) groups excluding carboxylic acids is 1. The van der Waals surface area contributed by atoms with Crippen molar-refractivity contribution < 1.29 is 15.0 Å². The van der Waals surface area contributed by atoms with Gasteiger partial charge in [-0.2, -0.15) is 0 Å². The van der Waals surface area contributed by atoms with Crippen molar-refractivity contribution in [2.45, 2.75) is 118 Å². The van der Waals surface area contributed by atoms with Crippen molar-refractivity contribution in [1.29, 1.82) is 0 Å². The number of nitrogens with zero attached hydrogens (tertiary/aromatic N) is 1. The summed E-state index contributed by atoms with van der Waals surface area (Å²) < 4.78 is 0. The molecule has 36 heavy (non-hydrogen) atoms. The summed E-state index contributed by atoms with van der Waals surface area (Å²) in [6.07, 6.45) is 0.225. The summed E-state index contributed by atoms with van der Waals surface area (Å²) in [5, 5.41) is 24.2. The van der Waals surface area contributed by atoms with E-state index in [4.69, 9.17) is 0 Å². The maximum Gasteiger partial charge on any atom is 0.245 e. The molecule has 0 bridgehead atoms. The number of rotatable bonds is 4. The normalized spacial score (nSPS) is 13.0. The standard InChI is InChI=1S/C31H48N2O3/c1-14-25(34)33(24-18-20(29(5,6)7)16-22(27(24)36)31(11,12)13)32-23-17-19(28(2,3)4)15-21(26(23)35)30(8,9)10/h15-18,32,35-36H,14H2,1-13H3. The Labute approximate surface area is 218 Å². The van der Waals surface area contributed by atoms with Crippen LogP contribution in [0.2, 0.25) is 0 Å². The largest absolute Gasteiger partial charge is 0.505 e. The van der Waals surface area contributed by atoms with Crippen LogP contribution in [0.4, 0.5) is 11.4 Å². The maximum atomic E-state index is 13.3. The van der Waals surface area contributed by atoms with Gasteiger partial charge in [0, 0.05) is 17.5 Å². The summed E-state index contributed by atoms with van der Waals surface area (Å²) in [5.41, 5.74) is 6.64. The Morgan fingerprint density at radius 2 is 1.11 bits per heavy atom. The molecule has 200 valence electrons. The molecule has 0 aliphatic rings. The highest BCUT2D eigenvalue weighted by atomic mass is 16.3. The van der Waals surface area contributed by atoms with Gasteiger partial charge in [0.1, 0.15) is 17.2 Å². The summed E-state index contributed by atoms with van der Waals surface area (Å²) in [7, 11) is 0. The second-order valence-corrected chi connectivity index (χ2v) is 14.0. The number of hydrogen-bond donors (Lipinski definition) is 3. The Morgan fingerprint density at radius 1 is 0.694 bits per heavy atom. The lowest BCUT2D eigenvalue weighted by Crippen LogP contribution is -2.37. The van der Waals surface area contributed by atoms with Gasteiger partial charge in [-0.15, -0.1) is 0 Å². The topological polar surface area (TPSA) is 72.8 Å². The first-order valence-electron chi connectivity index (χ1n) is 12.9. The number of phenolic OH excluding ortho intramolecular Hbond substituents is 2. The molecule has 5 heteroatoms. The first kappa shape index (κ1) is 29.5. The van der Waals surface area contributed by atoms with Crippen LogP contribution < -0.4 is 10.4 Å². The Hall–Kier alpha value is -2.69. The van der Waals surface area contributed by atoms with E-state index in [-0.39, 0.29) is 45.5 Å². The van der Waals surface area contributed by atoms with Crippen LogP contribution in [-0.4, -0.2) is 16.1 Å². The fourth-order valence-electron chi connectivity index (χ4n) is 4.05. The molecule has 0 radical (unpaired) electrons. The van der Waals surface area contributed by atoms with Crippen molar-refractivity contribution in [3.8, 4) is 11.5 Å². The van der Waals surface area contributed by atoms with Crippen molar-refractivity contribution in [2.24, 2.45) is 0 Å². The summed E-state index contributed by atoms with van der Waals surface area (Å²) in [6.45, 7) is 26.8. The Balaban J connectivity index is 2.87. The number of carbonyl (C=O) groups is 1. The molecule has 0 aromatic heterocycles. The quantitative estimate of drug-likeness (QED) is 0.296. The molecule has 0 spiro atoms. The van der Waals surface area contributed by atoms with Crippen LogP contribution in [0.5, 0.6) is 11.5 Å². The number of anilines is 2. The molecule has 2 aromatic rings. The van der Waals surface area contributed by atoms with Crippen LogP contribution >= 0.6 is 0 Å². The molecular weight excluding hydrogens is 448 g/mol. The molecule has 0 saturated heterocycles. The molecule has 1 amide bonds. The van der Waals surface area contributed by atoms with Crippen molar-refractivity contribution >= 4 is 17.3 Å². The molecule has 0 unspecified atom stereocenters. The van der Waals surface area contributed by atoms with Gasteiger partial charge < -0.3 is 10.2 Å². The van der Waals surface area contributed by atoms with Gasteiger partial charge >= 0.3 is 0 Å². The van der Waals surface area contributed by atoms with E-state index in [1.54, 1.807) is 6.92 Å². The zero-order valence-corrected chi connectivity index (χ0v) is 24.8. The van der Waals surface area contributed by atoms with E-state index >= 15 is 0 Å². The van der Waals surface area contributed by atoms with Crippen LogP contribution in [0.25, 0.3) is 0 Å². The van der Waals surface area contributed by atoms with Crippen molar-refractivity contribution in [3.05, 3.63) is 46.5 Å². The summed E-state index contributed by atoms with van der Waals surface area (Å²) in [5.74, 6) is -0.0479. The number of hydrogen-bond acceptors (Lipinski definition) is 4. The minimum Gasteiger partial charge on any atom is -0.505 e. The minimum absolute atomic E-state index is 0.0623. The van der Waals surface area contributed by atoms with Gasteiger partial charge in [-0.1, -0.05) is 102 Å². The molecule has 0 aliphatic heterocycles. The van der Waals surface area contributed by atoms with E-state index in [0.717, 1.165) is 22.3 Å². The third kappa shape index (κ3) is 6.35. The predicted molar refractivity (Wildman–Crippen MR) is 152 cm³/mol. The number of aromatic hydroxyl groups is 2. The Bertz CT molecular complexity index is 1120. The third-order valence-corrected chi connectivity index (χ3v) is 6.57. The van der Waals surface area contributed by atoms with Crippen molar-refractivity contribution in [1.82, 2.24) is 0 Å². The lowest BCUT2D eigenvalue weighted by molar-refractivity contribution is -0.118. The van der Waals surface area contributed by atoms with Crippen LogP contribution in [0.15, 0.2) is 24.3 Å². The number of nitrogens with one attached hydrogen (secondary N) is 1. The molecule has 0 saturated carbocycles. The first-order chi connectivity index (χ1) is 16.1. The SMILES string of the molecule is CCC(=O)N(Nc1cc(C(C)(C)C)cc(C(C)(C)C)c1O)c1cc(C(C)(C)C)cc(C(C)(C)C)c1O. The second-order valence-electron chi connectivity index (χ2n) is 14.0. The minimum atomic E-state index is -0.339. The van der Waals surface area contributed by atoms with Gasteiger partial charge in [-0.05, 0) is 44.9 Å². The van der Waals surface area contributed by atoms with Crippen LogP contribution in [0.1, 0.15) is 119 Å². The van der Waals surface area contributed by atoms with E-state index < -0.39 is 0 Å². The van der Waals surface area contributed by atoms with E-state index in [1.165, 1.54) is 5.01 Å². The first-order valence-corrected chi connectivity index (χ1v) is 12.9. The van der Waals surface area contributed by atoms with E-state index in [1.807, 2.05) is 45.0 Å². The van der Waals surface area contributed by atoms with E-state index in [0.29, 0.717) is 11.4 Å². The molecule has 0 atom stereocenters. The summed E-state index contributed by atoms with van der Waals surface area (Å²) >= 11 is 0. The number of phenols is 2. The van der Waals surface area contributed by atoms with Gasteiger partial charge in [-0.3, -0.25) is 10.2 Å². The average molecular weight is 497 g/mol. The van der Waals surface area contributed by atoms with Crippen molar-refractivity contribution in [2.75, 3.05) is 10.4 Å². The van der Waals surface area contributed by atoms with Crippen LogP contribution in [-0.2, 0) is 26.5 Å². The maximum absolute atomic E-state index is 13.3. The summed E-state index contributed by atoms with van der Waals surface area (Å²) in [4.78, 5) is 13.3. The van der Waals surface area contributed by atoms with Gasteiger partial charge in [0.2, 0.25) is 5.91 Å². The van der Waals surface area contributed by atoms with E-state index in [9.17, 15) is 15.0 Å². The molecule has 0 heterocycles. The van der Waals surface area contributed by atoms with Gasteiger partial charge in [0.05, 0.1) is 5.69 Å². The molecule has 0 fully saturated rings. The van der Waals surface area contributed by atoms with E-state index in [2.05, 4.69) is 67.7 Å². The number of amides is 1. The molecule has 3 N–H and O–H groups in total. The highest BCUT2D eigenvalue weighted by Gasteiger charge is 2.31. The molecule has 2 rings (SSSR count). The van der Waals surface area contributed by atoms with Crippen LogP contribution in [0.3, 0.4) is 0 Å². The smallest absolute Gasteiger partial charge is 0.245 e. The third-order valence-electron chi connectivity index (χ3n) is 6.57. The average Bonchev–Trinajstić information content (AvgIpc) is 2.69. The predicted octanol–water partition coefficient (Wildman–Crippen LogP) is 8.06. The van der Waals surface area contributed by atoms with Crippen LogP contribution in [0, 0.1) is 0 Å². The number of benzene rings is 2. The molecule has 2 aromatic carbocycles.